The summed E-state index contributed by atoms with van der Waals surface area (Å²) in [5.41, 5.74) is 1.75. The van der Waals surface area contributed by atoms with E-state index in [2.05, 4.69) is 16.4 Å². The fraction of sp³-hybridized carbons (Fsp3) is 0.471. The number of carbonyl (C=O) groups excluding carboxylic acids is 1. The Kier molecular flexibility index (Phi) is 5.53. The van der Waals surface area contributed by atoms with Crippen LogP contribution in [0.5, 0.6) is 0 Å². The molecule has 1 saturated heterocycles. The number of amides is 1. The van der Waals surface area contributed by atoms with Crippen LogP contribution in [-0.4, -0.2) is 46.7 Å². The summed E-state index contributed by atoms with van der Waals surface area (Å²) in [6, 6.07) is 9.48. The first-order chi connectivity index (χ1) is 12.4. The molecule has 1 aliphatic rings. The number of aryl methyl sites for hydroxylation is 1. The van der Waals surface area contributed by atoms with Crippen LogP contribution < -0.4 is 5.32 Å². The van der Waals surface area contributed by atoms with Gasteiger partial charge >= 0.3 is 0 Å². The van der Waals surface area contributed by atoms with Gasteiger partial charge in [-0.1, -0.05) is 23.9 Å². The summed E-state index contributed by atoms with van der Waals surface area (Å²) in [7, 11) is -3.03. The van der Waals surface area contributed by atoms with Crippen molar-refractivity contribution in [1.82, 2.24) is 14.9 Å². The third-order valence-corrected chi connectivity index (χ3v) is 7.16. The summed E-state index contributed by atoms with van der Waals surface area (Å²) in [5, 5.41) is 12.0. The summed E-state index contributed by atoms with van der Waals surface area (Å²) in [5.74, 6) is -0.0590. The lowest BCUT2D eigenvalue weighted by Gasteiger charge is -2.16. The second kappa shape index (κ2) is 7.68. The number of benzene rings is 1. The third kappa shape index (κ3) is 4.19. The van der Waals surface area contributed by atoms with Gasteiger partial charge in [-0.2, -0.15) is 5.26 Å². The lowest BCUT2D eigenvalue weighted by molar-refractivity contribution is -0.120. The van der Waals surface area contributed by atoms with Crippen LogP contribution in [0.4, 0.5) is 0 Å². The van der Waals surface area contributed by atoms with E-state index in [0.29, 0.717) is 24.5 Å². The average molecular weight is 393 g/mol. The molecule has 1 amide bonds. The van der Waals surface area contributed by atoms with Crippen molar-refractivity contribution in [1.29, 1.82) is 5.26 Å². The Morgan fingerprint density at radius 2 is 2.27 bits per heavy atom. The Bertz CT molecular complexity index is 962. The summed E-state index contributed by atoms with van der Waals surface area (Å²) in [6.45, 7) is 2.28. The molecule has 2 atom stereocenters. The van der Waals surface area contributed by atoms with Gasteiger partial charge in [0, 0.05) is 12.6 Å². The first-order valence-corrected chi connectivity index (χ1v) is 11.1. The smallest absolute Gasteiger partial charge is 0.233 e. The molecule has 1 fully saturated rings. The molecule has 7 nitrogen and oxygen atoms in total. The van der Waals surface area contributed by atoms with Crippen molar-refractivity contribution < 1.29 is 13.2 Å². The van der Waals surface area contributed by atoms with E-state index >= 15 is 0 Å². The van der Waals surface area contributed by atoms with Crippen molar-refractivity contribution in [2.24, 2.45) is 0 Å². The van der Waals surface area contributed by atoms with Gasteiger partial charge < -0.3 is 9.88 Å². The first kappa shape index (κ1) is 18.7. The number of hydrogen-bond acceptors (Lipinski definition) is 6. The normalized spacial score (nSPS) is 19.9. The molecule has 0 saturated carbocycles. The van der Waals surface area contributed by atoms with E-state index in [1.54, 1.807) is 6.92 Å². The Labute approximate surface area is 156 Å². The third-order valence-electron chi connectivity index (χ3n) is 4.30. The van der Waals surface area contributed by atoms with E-state index in [0.717, 1.165) is 11.0 Å². The van der Waals surface area contributed by atoms with Crippen LogP contribution >= 0.6 is 11.8 Å². The van der Waals surface area contributed by atoms with Crippen molar-refractivity contribution >= 4 is 38.5 Å². The minimum absolute atomic E-state index is 0.0107. The molecular formula is C17H20N4O3S2. The van der Waals surface area contributed by atoms with E-state index in [9.17, 15) is 13.2 Å². The molecule has 2 aromatic rings. The molecule has 2 heterocycles. The largest absolute Gasteiger partial charge is 0.351 e. The fourth-order valence-electron chi connectivity index (χ4n) is 2.96. The lowest BCUT2D eigenvalue weighted by Crippen LogP contribution is -2.40. The molecular weight excluding hydrogens is 372 g/mol. The molecule has 26 heavy (non-hydrogen) atoms. The number of aromatic nitrogens is 2. The fourth-order valence-corrected chi connectivity index (χ4v) is 5.59. The zero-order valence-corrected chi connectivity index (χ0v) is 16.0. The maximum Gasteiger partial charge on any atom is 0.233 e. The number of hydrogen-bond donors (Lipinski definition) is 1. The minimum atomic E-state index is -3.03. The van der Waals surface area contributed by atoms with Gasteiger partial charge in [0.25, 0.3) is 0 Å². The van der Waals surface area contributed by atoms with Gasteiger partial charge in [-0.05, 0) is 25.5 Å². The highest BCUT2D eigenvalue weighted by Crippen LogP contribution is 2.28. The number of nitriles is 1. The van der Waals surface area contributed by atoms with E-state index in [1.165, 1.54) is 11.8 Å². The number of carbonyl (C=O) groups is 1. The second-order valence-electron chi connectivity index (χ2n) is 6.31. The van der Waals surface area contributed by atoms with E-state index in [4.69, 9.17) is 5.26 Å². The van der Waals surface area contributed by atoms with E-state index < -0.39 is 15.1 Å². The van der Waals surface area contributed by atoms with Crippen LogP contribution in [0.15, 0.2) is 29.4 Å². The minimum Gasteiger partial charge on any atom is -0.351 e. The summed E-state index contributed by atoms with van der Waals surface area (Å²) >= 11 is 1.32. The predicted octanol–water partition coefficient (Wildman–Crippen LogP) is 1.73. The van der Waals surface area contributed by atoms with Crippen LogP contribution in [0.1, 0.15) is 19.8 Å². The molecule has 1 aliphatic heterocycles. The predicted molar refractivity (Wildman–Crippen MR) is 100 cm³/mol. The van der Waals surface area contributed by atoms with Crippen molar-refractivity contribution in [3.05, 3.63) is 24.3 Å². The zero-order chi connectivity index (χ0) is 18.7. The van der Waals surface area contributed by atoms with Gasteiger partial charge in [0.1, 0.15) is 0 Å². The van der Waals surface area contributed by atoms with Crippen molar-refractivity contribution in [2.45, 2.75) is 42.8 Å². The zero-order valence-electron chi connectivity index (χ0n) is 14.4. The van der Waals surface area contributed by atoms with Crippen molar-refractivity contribution in [2.75, 3.05) is 11.5 Å². The summed E-state index contributed by atoms with van der Waals surface area (Å²) in [4.78, 5) is 17.0. The molecule has 1 aromatic heterocycles. The number of nitrogens with one attached hydrogen (secondary N) is 1. The monoisotopic (exact) mass is 392 g/mol. The molecule has 0 unspecified atom stereocenters. The Hall–Kier alpha value is -2.05. The molecule has 0 bridgehead atoms. The SMILES string of the molecule is C[C@H](Sc1nc2ccccc2n1CCC#N)C(=O)N[C@H]1CCS(=O)(=O)C1. The maximum atomic E-state index is 12.4. The number of nitrogens with zero attached hydrogens (tertiary/aromatic N) is 3. The molecule has 0 radical (unpaired) electrons. The second-order valence-corrected chi connectivity index (χ2v) is 9.85. The van der Waals surface area contributed by atoms with Crippen LogP contribution in [0.25, 0.3) is 11.0 Å². The van der Waals surface area contributed by atoms with Gasteiger partial charge in [-0.25, -0.2) is 13.4 Å². The van der Waals surface area contributed by atoms with Crippen LogP contribution in [-0.2, 0) is 21.2 Å². The number of sulfone groups is 1. The van der Waals surface area contributed by atoms with Crippen LogP contribution in [0.3, 0.4) is 0 Å². The molecule has 3 rings (SSSR count). The Morgan fingerprint density at radius 3 is 2.96 bits per heavy atom. The molecule has 1 N–H and O–H groups in total. The number of rotatable bonds is 6. The van der Waals surface area contributed by atoms with E-state index in [-0.39, 0.29) is 23.5 Å². The Morgan fingerprint density at radius 1 is 1.50 bits per heavy atom. The van der Waals surface area contributed by atoms with E-state index in [1.807, 2.05) is 28.8 Å². The number of imidazole rings is 1. The summed E-state index contributed by atoms with van der Waals surface area (Å²) < 4.78 is 25.0. The molecule has 0 spiro atoms. The van der Waals surface area contributed by atoms with Gasteiger partial charge in [0.05, 0.1) is 40.3 Å². The maximum absolute atomic E-state index is 12.4. The molecule has 1 aromatic carbocycles. The van der Waals surface area contributed by atoms with Crippen LogP contribution in [0, 0.1) is 11.3 Å². The highest BCUT2D eigenvalue weighted by molar-refractivity contribution is 8.00. The molecule has 138 valence electrons. The number of fused-ring (bicyclic) bond motifs is 1. The number of thioether (sulfide) groups is 1. The first-order valence-electron chi connectivity index (χ1n) is 8.39. The van der Waals surface area contributed by atoms with Gasteiger partial charge in [0.2, 0.25) is 5.91 Å². The summed E-state index contributed by atoms with van der Waals surface area (Å²) in [6.07, 6.45) is 0.820. The topological polar surface area (TPSA) is 105 Å². The van der Waals surface area contributed by atoms with Gasteiger partial charge in [0.15, 0.2) is 15.0 Å². The van der Waals surface area contributed by atoms with Crippen molar-refractivity contribution in [3.8, 4) is 6.07 Å². The lowest BCUT2D eigenvalue weighted by atomic mass is 10.2. The van der Waals surface area contributed by atoms with Crippen molar-refractivity contribution in [3.63, 3.8) is 0 Å². The molecule has 0 aliphatic carbocycles. The standard InChI is InChI=1S/C17H20N4O3S2/c1-12(16(22)19-13-7-10-26(23,24)11-13)25-17-20-14-5-2-3-6-15(14)21(17)9-4-8-18/h2-3,5-6,12-13H,4,7,9-11H2,1H3,(H,19,22)/t12-,13-/m0/s1. The highest BCUT2D eigenvalue weighted by Gasteiger charge is 2.30. The van der Waals surface area contributed by atoms with Gasteiger partial charge in [-0.3, -0.25) is 4.79 Å². The molecule has 9 heteroatoms. The Balaban J connectivity index is 1.73. The van der Waals surface area contributed by atoms with Crippen LogP contribution in [0.2, 0.25) is 0 Å². The average Bonchev–Trinajstić information content (AvgIpc) is 3.12. The van der Waals surface area contributed by atoms with Gasteiger partial charge in [-0.15, -0.1) is 0 Å². The highest BCUT2D eigenvalue weighted by atomic mass is 32.2. The number of para-hydroxylation sites is 2. The quantitative estimate of drug-likeness (QED) is 0.751.